The van der Waals surface area contributed by atoms with Gasteiger partial charge in [0, 0.05) is 17.5 Å². The quantitative estimate of drug-likeness (QED) is 0.635. The van der Waals surface area contributed by atoms with Crippen molar-refractivity contribution in [3.05, 3.63) is 23.3 Å². The number of Topliss-reactive ketones (excluding diaryl/α,β-unsaturated/α-hetero) is 1. The summed E-state index contributed by atoms with van der Waals surface area (Å²) in [5.74, 6) is -0.311. The Labute approximate surface area is 92.9 Å². The predicted octanol–water partition coefficient (Wildman–Crippen LogP) is 0.458. The highest BCUT2D eigenvalue weighted by molar-refractivity contribution is 5.97. The number of methoxy groups -OCH3 is 1. The van der Waals surface area contributed by atoms with Crippen LogP contribution in [-0.4, -0.2) is 34.8 Å². The Balaban J connectivity index is 3.16. The number of ketones is 1. The zero-order valence-corrected chi connectivity index (χ0v) is 8.93. The maximum absolute atomic E-state index is 11.5. The summed E-state index contributed by atoms with van der Waals surface area (Å²) < 4.78 is 4.88. The van der Waals surface area contributed by atoms with Crippen molar-refractivity contribution in [3.63, 3.8) is 0 Å². The zero-order valence-electron chi connectivity index (χ0n) is 8.93. The highest BCUT2D eigenvalue weighted by Crippen LogP contribution is 2.31. The van der Waals surface area contributed by atoms with Gasteiger partial charge in [-0.05, 0) is 12.1 Å². The standard InChI is InChI=1S/C11H14O5/c1-16-10-5-7(9(14)2-3-12)4-8(6-13)11(10)15/h4-5,12-13,15H,2-3,6H2,1H3. The summed E-state index contributed by atoms with van der Waals surface area (Å²) in [6.45, 7) is -0.626. The van der Waals surface area contributed by atoms with Crippen LogP contribution in [0.25, 0.3) is 0 Å². The number of rotatable bonds is 5. The van der Waals surface area contributed by atoms with Crippen molar-refractivity contribution in [1.29, 1.82) is 0 Å². The van der Waals surface area contributed by atoms with E-state index >= 15 is 0 Å². The molecule has 0 atom stereocenters. The van der Waals surface area contributed by atoms with E-state index in [-0.39, 0.29) is 42.5 Å². The molecule has 5 nitrogen and oxygen atoms in total. The normalized spacial score (nSPS) is 10.2. The second-order valence-corrected chi connectivity index (χ2v) is 3.24. The van der Waals surface area contributed by atoms with Crippen LogP contribution >= 0.6 is 0 Å². The smallest absolute Gasteiger partial charge is 0.165 e. The number of hydrogen-bond acceptors (Lipinski definition) is 5. The van der Waals surface area contributed by atoms with E-state index in [4.69, 9.17) is 14.9 Å². The van der Waals surface area contributed by atoms with E-state index < -0.39 is 0 Å². The molecule has 1 rings (SSSR count). The average molecular weight is 226 g/mol. The Morgan fingerprint density at radius 1 is 1.38 bits per heavy atom. The zero-order chi connectivity index (χ0) is 12.1. The Morgan fingerprint density at radius 2 is 2.06 bits per heavy atom. The lowest BCUT2D eigenvalue weighted by Crippen LogP contribution is -2.03. The minimum atomic E-state index is -0.386. The van der Waals surface area contributed by atoms with E-state index in [9.17, 15) is 9.90 Å². The monoisotopic (exact) mass is 226 g/mol. The molecule has 1 aromatic rings. The minimum absolute atomic E-state index is 0.00119. The first-order valence-electron chi connectivity index (χ1n) is 4.78. The third-order valence-corrected chi connectivity index (χ3v) is 2.20. The van der Waals surface area contributed by atoms with Gasteiger partial charge in [-0.15, -0.1) is 0 Å². The molecule has 0 aromatic heterocycles. The van der Waals surface area contributed by atoms with Gasteiger partial charge >= 0.3 is 0 Å². The number of aromatic hydroxyl groups is 1. The summed E-state index contributed by atoms with van der Waals surface area (Å²) in [5.41, 5.74) is 0.522. The predicted molar refractivity (Wildman–Crippen MR) is 56.6 cm³/mol. The number of aliphatic hydroxyl groups is 2. The molecule has 0 spiro atoms. The molecule has 0 saturated heterocycles. The van der Waals surface area contributed by atoms with E-state index in [0.29, 0.717) is 5.56 Å². The van der Waals surface area contributed by atoms with Gasteiger partial charge < -0.3 is 20.1 Å². The van der Waals surface area contributed by atoms with Crippen molar-refractivity contribution in [2.24, 2.45) is 0 Å². The molecule has 0 aliphatic carbocycles. The molecule has 0 bridgehead atoms. The van der Waals surface area contributed by atoms with Gasteiger partial charge in [0.25, 0.3) is 0 Å². The largest absolute Gasteiger partial charge is 0.504 e. The number of phenols is 1. The summed E-state index contributed by atoms with van der Waals surface area (Å²) in [6.07, 6.45) is -0.00119. The number of aliphatic hydroxyl groups excluding tert-OH is 2. The van der Waals surface area contributed by atoms with Crippen molar-refractivity contribution in [1.82, 2.24) is 0 Å². The third kappa shape index (κ3) is 2.50. The topological polar surface area (TPSA) is 87.0 Å². The maximum atomic E-state index is 11.5. The fourth-order valence-electron chi connectivity index (χ4n) is 1.35. The van der Waals surface area contributed by atoms with E-state index in [2.05, 4.69) is 0 Å². The third-order valence-electron chi connectivity index (χ3n) is 2.20. The Morgan fingerprint density at radius 3 is 2.56 bits per heavy atom. The molecule has 0 aliphatic rings. The summed E-state index contributed by atoms with van der Waals surface area (Å²) in [4.78, 5) is 11.5. The second-order valence-electron chi connectivity index (χ2n) is 3.24. The summed E-state index contributed by atoms with van der Waals surface area (Å²) in [5, 5.41) is 27.2. The Bertz CT molecular complexity index is 361. The van der Waals surface area contributed by atoms with Crippen molar-refractivity contribution in [3.8, 4) is 11.5 Å². The molecule has 0 amide bonds. The van der Waals surface area contributed by atoms with Crippen LogP contribution in [0.1, 0.15) is 22.3 Å². The highest BCUT2D eigenvalue weighted by atomic mass is 16.5. The van der Waals surface area contributed by atoms with E-state index in [1.54, 1.807) is 0 Å². The van der Waals surface area contributed by atoms with Gasteiger partial charge in [-0.1, -0.05) is 0 Å². The first kappa shape index (κ1) is 12.5. The lowest BCUT2D eigenvalue weighted by atomic mass is 10.0. The molecule has 16 heavy (non-hydrogen) atoms. The van der Waals surface area contributed by atoms with Gasteiger partial charge in [0.2, 0.25) is 0 Å². The van der Waals surface area contributed by atoms with Crippen molar-refractivity contribution >= 4 is 5.78 Å². The fourth-order valence-corrected chi connectivity index (χ4v) is 1.35. The molecule has 0 radical (unpaired) electrons. The molecule has 3 N–H and O–H groups in total. The van der Waals surface area contributed by atoms with Crippen LogP contribution in [0.4, 0.5) is 0 Å². The number of carbonyl (C=O) groups is 1. The Hall–Kier alpha value is -1.59. The molecule has 0 aliphatic heterocycles. The van der Waals surface area contributed by atoms with Gasteiger partial charge in [-0.3, -0.25) is 4.79 Å². The van der Waals surface area contributed by atoms with Crippen LogP contribution in [0.3, 0.4) is 0 Å². The number of benzene rings is 1. The molecule has 0 heterocycles. The van der Waals surface area contributed by atoms with Crippen molar-refractivity contribution in [2.75, 3.05) is 13.7 Å². The maximum Gasteiger partial charge on any atom is 0.165 e. The van der Waals surface area contributed by atoms with Crippen molar-refractivity contribution in [2.45, 2.75) is 13.0 Å². The molecular formula is C11H14O5. The first-order valence-corrected chi connectivity index (χ1v) is 4.78. The average Bonchev–Trinajstić information content (AvgIpc) is 2.29. The summed E-state index contributed by atoms with van der Waals surface area (Å²) in [6, 6.07) is 2.77. The summed E-state index contributed by atoms with van der Waals surface area (Å²) in [7, 11) is 1.36. The second kappa shape index (κ2) is 5.48. The van der Waals surface area contributed by atoms with Gasteiger partial charge in [0.15, 0.2) is 17.3 Å². The van der Waals surface area contributed by atoms with E-state index in [1.165, 1.54) is 19.2 Å². The molecule has 0 unspecified atom stereocenters. The van der Waals surface area contributed by atoms with Gasteiger partial charge in [-0.2, -0.15) is 0 Å². The van der Waals surface area contributed by atoms with Crippen LogP contribution < -0.4 is 4.74 Å². The van der Waals surface area contributed by atoms with Gasteiger partial charge in [-0.25, -0.2) is 0 Å². The SMILES string of the molecule is COc1cc(C(=O)CCO)cc(CO)c1O. The summed E-state index contributed by atoms with van der Waals surface area (Å²) >= 11 is 0. The van der Waals surface area contributed by atoms with Crippen LogP contribution in [0.15, 0.2) is 12.1 Å². The fraction of sp³-hybridized carbons (Fsp3) is 0.364. The number of carbonyl (C=O) groups excluding carboxylic acids is 1. The van der Waals surface area contributed by atoms with Crippen LogP contribution in [0.2, 0.25) is 0 Å². The minimum Gasteiger partial charge on any atom is -0.504 e. The van der Waals surface area contributed by atoms with Crippen LogP contribution in [0.5, 0.6) is 11.5 Å². The first-order chi connectivity index (χ1) is 7.63. The molecule has 88 valence electrons. The molecule has 1 aromatic carbocycles. The van der Waals surface area contributed by atoms with Crippen molar-refractivity contribution < 1.29 is 24.9 Å². The number of ether oxygens (including phenoxy) is 1. The molecule has 5 heteroatoms. The molecular weight excluding hydrogens is 212 g/mol. The lowest BCUT2D eigenvalue weighted by molar-refractivity contribution is 0.0956. The van der Waals surface area contributed by atoms with E-state index in [1.807, 2.05) is 0 Å². The molecule has 0 fully saturated rings. The lowest BCUT2D eigenvalue weighted by Gasteiger charge is -2.09. The molecule has 0 saturated carbocycles. The van der Waals surface area contributed by atoms with Crippen LogP contribution in [0, 0.1) is 0 Å². The number of hydrogen-bond donors (Lipinski definition) is 3. The van der Waals surface area contributed by atoms with Crippen LogP contribution in [-0.2, 0) is 6.61 Å². The van der Waals surface area contributed by atoms with Gasteiger partial charge in [0.1, 0.15) is 0 Å². The van der Waals surface area contributed by atoms with Gasteiger partial charge in [0.05, 0.1) is 20.3 Å². The Kier molecular flexibility index (Phi) is 4.28. The van der Waals surface area contributed by atoms with E-state index in [0.717, 1.165) is 0 Å². The highest BCUT2D eigenvalue weighted by Gasteiger charge is 2.13.